The molecular weight excluding hydrogens is 214 g/mol. The number of Topliss-reactive ketones (excluding diaryl/α,β-unsaturated/α-hetero) is 1. The first-order valence-corrected chi connectivity index (χ1v) is 6.18. The van der Waals surface area contributed by atoms with E-state index in [1.54, 1.807) is 6.20 Å². The number of hydrogen-bond donors (Lipinski definition) is 1. The van der Waals surface area contributed by atoms with Crippen molar-refractivity contribution in [3.05, 3.63) is 35.1 Å². The van der Waals surface area contributed by atoms with Crippen LogP contribution < -0.4 is 0 Å². The molecule has 0 unspecified atom stereocenters. The molecule has 0 amide bonds. The van der Waals surface area contributed by atoms with Gasteiger partial charge in [0, 0.05) is 6.20 Å². The fourth-order valence-electron chi connectivity index (χ4n) is 2.49. The quantitative estimate of drug-likeness (QED) is 0.745. The Hall–Kier alpha value is -1.35. The molecule has 3 nitrogen and oxygen atoms in total. The zero-order valence-corrected chi connectivity index (χ0v) is 10.4. The van der Waals surface area contributed by atoms with Crippen LogP contribution in [0.5, 0.6) is 0 Å². The molecule has 0 aromatic carbocycles. The van der Waals surface area contributed by atoms with E-state index in [0.29, 0.717) is 0 Å². The van der Waals surface area contributed by atoms with Gasteiger partial charge in [0.1, 0.15) is 0 Å². The number of carbonyl (C=O) groups is 1. The Balaban J connectivity index is 2.14. The first-order chi connectivity index (χ1) is 8.08. The lowest BCUT2D eigenvalue weighted by molar-refractivity contribution is -0.112. The largest absolute Gasteiger partial charge is 0.289 e. The van der Waals surface area contributed by atoms with Crippen molar-refractivity contribution in [1.82, 2.24) is 5.06 Å². The van der Waals surface area contributed by atoms with Gasteiger partial charge in [0.2, 0.25) is 0 Å². The highest BCUT2D eigenvalue weighted by molar-refractivity contribution is 6.09. The SMILES string of the molecule is CC1=CC(=CN(O)C2CCCC2)C=C(C)C1=O. The lowest BCUT2D eigenvalue weighted by Crippen LogP contribution is -2.25. The Bertz CT molecular complexity index is 388. The molecule has 3 heteroatoms. The second-order valence-corrected chi connectivity index (χ2v) is 4.93. The second kappa shape index (κ2) is 4.88. The zero-order chi connectivity index (χ0) is 12.4. The molecule has 17 heavy (non-hydrogen) atoms. The standard InChI is InChI=1S/C14H19NO2/c1-10-7-12(8-11(2)14(10)16)9-15(17)13-5-3-4-6-13/h7-9,13,17H,3-6H2,1-2H3. The summed E-state index contributed by atoms with van der Waals surface area (Å²) in [6, 6.07) is 0.238. The van der Waals surface area contributed by atoms with Crippen molar-refractivity contribution < 1.29 is 10.0 Å². The van der Waals surface area contributed by atoms with Crippen LogP contribution in [0.15, 0.2) is 35.1 Å². The molecule has 0 bridgehead atoms. The molecule has 0 aliphatic heterocycles. The van der Waals surface area contributed by atoms with Gasteiger partial charge in [-0.15, -0.1) is 0 Å². The maximum absolute atomic E-state index is 11.6. The van der Waals surface area contributed by atoms with Crippen LogP contribution in [-0.2, 0) is 4.79 Å². The fraction of sp³-hybridized carbons (Fsp3) is 0.500. The van der Waals surface area contributed by atoms with E-state index in [2.05, 4.69) is 0 Å². The van der Waals surface area contributed by atoms with Gasteiger partial charge < -0.3 is 0 Å². The Morgan fingerprint density at radius 1 is 1.24 bits per heavy atom. The van der Waals surface area contributed by atoms with Crippen molar-refractivity contribution in [2.45, 2.75) is 45.6 Å². The van der Waals surface area contributed by atoms with Crippen LogP contribution in [0.25, 0.3) is 0 Å². The van der Waals surface area contributed by atoms with Crippen LogP contribution in [0.1, 0.15) is 39.5 Å². The summed E-state index contributed by atoms with van der Waals surface area (Å²) >= 11 is 0. The number of ketones is 1. The van der Waals surface area contributed by atoms with Crippen molar-refractivity contribution >= 4 is 5.78 Å². The van der Waals surface area contributed by atoms with Gasteiger partial charge in [-0.1, -0.05) is 12.8 Å². The molecule has 0 heterocycles. The van der Waals surface area contributed by atoms with Crippen molar-refractivity contribution in [2.75, 3.05) is 0 Å². The van der Waals surface area contributed by atoms with Crippen molar-refractivity contribution in [1.29, 1.82) is 0 Å². The van der Waals surface area contributed by atoms with E-state index in [1.165, 1.54) is 17.9 Å². The third kappa shape index (κ3) is 2.67. The summed E-state index contributed by atoms with van der Waals surface area (Å²) in [5.74, 6) is 0.0903. The van der Waals surface area contributed by atoms with Gasteiger partial charge in [-0.05, 0) is 55.6 Å². The molecule has 0 spiro atoms. The molecule has 2 aliphatic rings. The molecule has 1 fully saturated rings. The van der Waals surface area contributed by atoms with Gasteiger partial charge in [-0.25, -0.2) is 0 Å². The molecule has 2 aliphatic carbocycles. The summed E-state index contributed by atoms with van der Waals surface area (Å²) in [5, 5.41) is 11.3. The molecule has 0 aromatic rings. The third-order valence-corrected chi connectivity index (χ3v) is 3.46. The van der Waals surface area contributed by atoms with Crippen LogP contribution in [0, 0.1) is 0 Å². The minimum atomic E-state index is 0.0903. The number of allylic oxidation sites excluding steroid dienone is 5. The van der Waals surface area contributed by atoms with Gasteiger partial charge in [0.15, 0.2) is 5.78 Å². The number of carbonyl (C=O) groups excluding carboxylic acids is 1. The normalized spacial score (nSPS) is 21.4. The smallest absolute Gasteiger partial charge is 0.184 e. The molecule has 0 radical (unpaired) electrons. The van der Waals surface area contributed by atoms with Gasteiger partial charge >= 0.3 is 0 Å². The highest BCUT2D eigenvalue weighted by Crippen LogP contribution is 2.24. The minimum absolute atomic E-state index is 0.0903. The zero-order valence-electron chi connectivity index (χ0n) is 10.4. The van der Waals surface area contributed by atoms with Crippen molar-refractivity contribution in [2.24, 2.45) is 0 Å². The summed E-state index contributed by atoms with van der Waals surface area (Å²) in [7, 11) is 0. The summed E-state index contributed by atoms with van der Waals surface area (Å²) in [4.78, 5) is 11.6. The molecular formula is C14H19NO2. The lowest BCUT2D eigenvalue weighted by Gasteiger charge is -2.21. The molecule has 92 valence electrons. The van der Waals surface area contributed by atoms with E-state index in [1.807, 2.05) is 26.0 Å². The number of hydrogen-bond acceptors (Lipinski definition) is 3. The van der Waals surface area contributed by atoms with Crippen LogP contribution in [-0.4, -0.2) is 22.1 Å². The minimum Gasteiger partial charge on any atom is -0.289 e. The van der Waals surface area contributed by atoms with Crippen molar-refractivity contribution in [3.8, 4) is 0 Å². The summed E-state index contributed by atoms with van der Waals surface area (Å²) < 4.78 is 0. The Morgan fingerprint density at radius 2 is 1.76 bits per heavy atom. The molecule has 1 N–H and O–H groups in total. The summed E-state index contributed by atoms with van der Waals surface area (Å²) in [6.45, 7) is 3.62. The molecule has 0 aromatic heterocycles. The number of nitrogens with zero attached hydrogens (tertiary/aromatic N) is 1. The van der Waals surface area contributed by atoms with Crippen LogP contribution in [0.2, 0.25) is 0 Å². The van der Waals surface area contributed by atoms with Crippen LogP contribution in [0.4, 0.5) is 0 Å². The molecule has 0 saturated heterocycles. The Kier molecular flexibility index (Phi) is 3.48. The van der Waals surface area contributed by atoms with E-state index in [0.717, 1.165) is 29.6 Å². The van der Waals surface area contributed by atoms with E-state index in [4.69, 9.17) is 0 Å². The van der Waals surface area contributed by atoms with Crippen molar-refractivity contribution in [3.63, 3.8) is 0 Å². The molecule has 0 atom stereocenters. The van der Waals surface area contributed by atoms with Crippen LogP contribution in [0.3, 0.4) is 0 Å². The predicted octanol–water partition coefficient (Wildman–Crippen LogP) is 2.98. The average molecular weight is 233 g/mol. The Morgan fingerprint density at radius 3 is 2.29 bits per heavy atom. The monoisotopic (exact) mass is 233 g/mol. The molecule has 1 saturated carbocycles. The number of hydroxylamine groups is 2. The maximum atomic E-state index is 11.6. The van der Waals surface area contributed by atoms with Gasteiger partial charge in [-0.3, -0.25) is 15.1 Å². The Labute approximate surface area is 102 Å². The summed E-state index contributed by atoms with van der Waals surface area (Å²) in [6.07, 6.45) is 9.85. The highest BCUT2D eigenvalue weighted by Gasteiger charge is 2.20. The average Bonchev–Trinajstić information content (AvgIpc) is 2.79. The maximum Gasteiger partial charge on any atom is 0.184 e. The first kappa shape index (κ1) is 12.1. The topological polar surface area (TPSA) is 40.5 Å². The fourth-order valence-corrected chi connectivity index (χ4v) is 2.49. The first-order valence-electron chi connectivity index (χ1n) is 6.18. The predicted molar refractivity (Wildman–Crippen MR) is 66.5 cm³/mol. The van der Waals surface area contributed by atoms with Gasteiger partial charge in [0.25, 0.3) is 0 Å². The van der Waals surface area contributed by atoms with E-state index >= 15 is 0 Å². The second-order valence-electron chi connectivity index (χ2n) is 4.93. The van der Waals surface area contributed by atoms with E-state index in [-0.39, 0.29) is 11.8 Å². The van der Waals surface area contributed by atoms with Gasteiger partial charge in [0.05, 0.1) is 6.04 Å². The third-order valence-electron chi connectivity index (χ3n) is 3.46. The molecule has 2 rings (SSSR count). The number of rotatable bonds is 2. The lowest BCUT2D eigenvalue weighted by atomic mass is 9.96. The highest BCUT2D eigenvalue weighted by atomic mass is 16.5. The van der Waals surface area contributed by atoms with E-state index < -0.39 is 0 Å². The van der Waals surface area contributed by atoms with Gasteiger partial charge in [-0.2, -0.15) is 0 Å². The van der Waals surface area contributed by atoms with E-state index in [9.17, 15) is 10.0 Å². The summed E-state index contributed by atoms with van der Waals surface area (Å²) in [5.41, 5.74) is 2.36. The van der Waals surface area contributed by atoms with Crippen LogP contribution >= 0.6 is 0 Å².